The summed E-state index contributed by atoms with van der Waals surface area (Å²) in [5.74, 6) is 0.754. The van der Waals surface area contributed by atoms with E-state index in [9.17, 15) is 4.79 Å². The van der Waals surface area contributed by atoms with Gasteiger partial charge in [-0.15, -0.1) is 0 Å². The van der Waals surface area contributed by atoms with Crippen molar-refractivity contribution < 1.29 is 9.53 Å². The molecule has 0 aliphatic rings. The summed E-state index contributed by atoms with van der Waals surface area (Å²) >= 11 is 10.7. The number of carbonyl (C=O) groups excluding carboxylic acids is 1. The molecular formula is C13H13Br3N2O2. The van der Waals surface area contributed by atoms with Crippen LogP contribution in [0.25, 0.3) is 10.9 Å². The Labute approximate surface area is 142 Å². The molecule has 0 atom stereocenters. The van der Waals surface area contributed by atoms with Crippen LogP contribution in [-0.4, -0.2) is 23.2 Å². The van der Waals surface area contributed by atoms with Crippen LogP contribution >= 0.6 is 48.0 Å². The highest BCUT2D eigenvalue weighted by Gasteiger charge is 2.18. The monoisotopic (exact) mass is 466 g/mol. The normalized spacial score (nSPS) is 10.8. The Balaban J connectivity index is 2.51. The van der Waals surface area contributed by atoms with Gasteiger partial charge in [0.1, 0.15) is 5.75 Å². The zero-order valence-corrected chi connectivity index (χ0v) is 15.7. The van der Waals surface area contributed by atoms with Crippen molar-refractivity contribution >= 4 is 64.8 Å². The summed E-state index contributed by atoms with van der Waals surface area (Å²) in [5, 5.41) is 3.88. The van der Waals surface area contributed by atoms with Crippen LogP contribution in [-0.2, 0) is 11.2 Å². The third-order valence-corrected chi connectivity index (χ3v) is 5.82. The molecule has 0 aliphatic carbocycles. The lowest BCUT2D eigenvalue weighted by Crippen LogP contribution is -2.22. The Morgan fingerprint density at radius 2 is 2.10 bits per heavy atom. The lowest BCUT2D eigenvalue weighted by molar-refractivity contribution is -0.118. The molecule has 108 valence electrons. The van der Waals surface area contributed by atoms with Gasteiger partial charge in [-0.3, -0.25) is 8.39 Å². The fourth-order valence-corrected chi connectivity index (χ4v) is 3.91. The van der Waals surface area contributed by atoms with Crippen LogP contribution in [0.15, 0.2) is 21.2 Å². The molecule has 0 fully saturated rings. The fourth-order valence-electron chi connectivity index (χ4n) is 2.07. The maximum absolute atomic E-state index is 11.0. The first-order valence-corrected chi connectivity index (χ1v) is 8.22. The molecule has 0 spiro atoms. The quantitative estimate of drug-likeness (QED) is 0.736. The second kappa shape index (κ2) is 6.49. The zero-order valence-electron chi connectivity index (χ0n) is 11.0. The number of rotatable bonds is 4. The minimum atomic E-state index is -0.0275. The van der Waals surface area contributed by atoms with Gasteiger partial charge in [-0.2, -0.15) is 0 Å². The summed E-state index contributed by atoms with van der Waals surface area (Å²) in [5.41, 5.74) is 2.14. The highest BCUT2D eigenvalue weighted by atomic mass is 79.9. The number of amides is 1. The van der Waals surface area contributed by atoms with Crippen LogP contribution in [0.5, 0.6) is 5.75 Å². The summed E-state index contributed by atoms with van der Waals surface area (Å²) in [6.07, 6.45) is 0.723. The predicted molar refractivity (Wildman–Crippen MR) is 90.6 cm³/mol. The number of fused-ring (bicyclic) bond motifs is 1. The van der Waals surface area contributed by atoms with E-state index in [1.165, 1.54) is 6.92 Å². The average Bonchev–Trinajstić information content (AvgIpc) is 2.65. The lowest BCUT2D eigenvalue weighted by atomic mass is 10.1. The first-order valence-electron chi connectivity index (χ1n) is 5.93. The van der Waals surface area contributed by atoms with E-state index in [2.05, 4.69) is 53.3 Å². The van der Waals surface area contributed by atoms with Crippen molar-refractivity contribution in [3.63, 3.8) is 0 Å². The second-order valence-electron chi connectivity index (χ2n) is 4.26. The van der Waals surface area contributed by atoms with Crippen molar-refractivity contribution in [1.29, 1.82) is 0 Å². The second-order valence-corrected chi connectivity index (χ2v) is 6.51. The van der Waals surface area contributed by atoms with Crippen LogP contribution in [0, 0.1) is 0 Å². The van der Waals surface area contributed by atoms with Gasteiger partial charge in [0.25, 0.3) is 0 Å². The van der Waals surface area contributed by atoms with Gasteiger partial charge in [0.15, 0.2) is 0 Å². The number of carbonyl (C=O) groups is 1. The van der Waals surface area contributed by atoms with Crippen LogP contribution in [0.4, 0.5) is 0 Å². The summed E-state index contributed by atoms with van der Waals surface area (Å²) in [7, 11) is 1.64. The van der Waals surface area contributed by atoms with Gasteiger partial charge in [0.2, 0.25) is 5.91 Å². The van der Waals surface area contributed by atoms with E-state index in [1.807, 2.05) is 15.7 Å². The van der Waals surface area contributed by atoms with Crippen molar-refractivity contribution in [1.82, 2.24) is 8.91 Å². The molecule has 1 heterocycles. The predicted octanol–water partition coefficient (Wildman–Crippen LogP) is 4.01. The molecule has 2 aromatic rings. The number of methoxy groups -OCH3 is 1. The topological polar surface area (TPSA) is 43.3 Å². The number of aromatic nitrogens is 1. The Kier molecular flexibility index (Phi) is 5.14. The number of hydrogen-bond donors (Lipinski definition) is 1. The molecule has 20 heavy (non-hydrogen) atoms. The molecule has 0 unspecified atom stereocenters. The minimum absolute atomic E-state index is 0.0275. The van der Waals surface area contributed by atoms with Crippen LogP contribution in [0.3, 0.4) is 0 Å². The number of hydrogen-bond acceptors (Lipinski definition) is 2. The van der Waals surface area contributed by atoms with E-state index < -0.39 is 0 Å². The fraction of sp³-hybridized carbons (Fsp3) is 0.308. The average molecular weight is 469 g/mol. The van der Waals surface area contributed by atoms with Gasteiger partial charge in [0.05, 0.1) is 37.8 Å². The largest absolute Gasteiger partial charge is 0.496 e. The zero-order chi connectivity index (χ0) is 14.9. The molecular weight excluding hydrogens is 456 g/mol. The molecule has 0 saturated heterocycles. The van der Waals surface area contributed by atoms with Gasteiger partial charge in [0, 0.05) is 18.9 Å². The Morgan fingerprint density at radius 1 is 1.40 bits per heavy atom. The van der Waals surface area contributed by atoms with E-state index in [0.717, 1.165) is 37.7 Å². The van der Waals surface area contributed by atoms with Crippen molar-refractivity contribution in [2.75, 3.05) is 13.7 Å². The highest BCUT2D eigenvalue weighted by molar-refractivity contribution is 9.12. The van der Waals surface area contributed by atoms with E-state index >= 15 is 0 Å². The highest BCUT2D eigenvalue weighted by Crippen LogP contribution is 2.40. The van der Waals surface area contributed by atoms with Gasteiger partial charge in [-0.1, -0.05) is 0 Å². The SMILES string of the molecule is COc1ccc2c(c1Br)c(CCNC(C)=O)c(Br)n2Br. The molecule has 1 aromatic heterocycles. The lowest BCUT2D eigenvalue weighted by Gasteiger charge is -2.06. The summed E-state index contributed by atoms with van der Waals surface area (Å²) in [6.45, 7) is 2.10. The van der Waals surface area contributed by atoms with Crippen LogP contribution < -0.4 is 10.1 Å². The summed E-state index contributed by atoms with van der Waals surface area (Å²) < 4.78 is 9.09. The Morgan fingerprint density at radius 3 is 2.70 bits per heavy atom. The van der Waals surface area contributed by atoms with Gasteiger partial charge >= 0.3 is 0 Å². The van der Waals surface area contributed by atoms with Crippen molar-refractivity contribution in [2.45, 2.75) is 13.3 Å². The molecule has 0 aliphatic heterocycles. The molecule has 1 N–H and O–H groups in total. The van der Waals surface area contributed by atoms with Crippen molar-refractivity contribution in [2.24, 2.45) is 0 Å². The van der Waals surface area contributed by atoms with Gasteiger partial charge in [-0.05, 0) is 56.0 Å². The Hall–Kier alpha value is -0.530. The standard InChI is InChI=1S/C13H13Br3N2O2/c1-7(19)17-6-5-8-11-9(18(16)13(8)15)3-4-10(20-2)12(11)14/h3-4H,5-6H2,1-2H3,(H,17,19). The van der Waals surface area contributed by atoms with E-state index in [1.54, 1.807) is 7.11 Å². The summed E-state index contributed by atoms with van der Waals surface area (Å²) in [6, 6.07) is 3.90. The smallest absolute Gasteiger partial charge is 0.216 e. The number of nitrogens with one attached hydrogen (secondary N) is 1. The molecule has 2 rings (SSSR count). The molecule has 1 aromatic carbocycles. The maximum atomic E-state index is 11.0. The van der Waals surface area contributed by atoms with E-state index in [-0.39, 0.29) is 5.91 Å². The third-order valence-electron chi connectivity index (χ3n) is 2.99. The number of benzene rings is 1. The third kappa shape index (κ3) is 2.89. The number of ether oxygens (including phenoxy) is 1. The van der Waals surface area contributed by atoms with Crippen LogP contribution in [0.1, 0.15) is 12.5 Å². The van der Waals surface area contributed by atoms with Gasteiger partial charge < -0.3 is 10.1 Å². The first-order chi connectivity index (χ1) is 9.47. The van der Waals surface area contributed by atoms with Gasteiger partial charge in [-0.25, -0.2) is 0 Å². The molecule has 0 saturated carbocycles. The van der Waals surface area contributed by atoms with E-state index in [0.29, 0.717) is 6.54 Å². The molecule has 0 bridgehead atoms. The first kappa shape index (κ1) is 15.9. The van der Waals surface area contributed by atoms with Crippen molar-refractivity contribution in [3.05, 3.63) is 26.8 Å². The molecule has 7 heteroatoms. The minimum Gasteiger partial charge on any atom is -0.496 e. The summed E-state index contributed by atoms with van der Waals surface area (Å²) in [4.78, 5) is 11.0. The maximum Gasteiger partial charge on any atom is 0.216 e. The number of halogens is 3. The Bertz CT molecular complexity index is 667. The molecule has 1 amide bonds. The molecule has 4 nitrogen and oxygen atoms in total. The molecule has 0 radical (unpaired) electrons. The van der Waals surface area contributed by atoms with Crippen molar-refractivity contribution in [3.8, 4) is 5.75 Å². The number of nitrogens with zero attached hydrogens (tertiary/aromatic N) is 1. The van der Waals surface area contributed by atoms with Crippen LogP contribution in [0.2, 0.25) is 0 Å². The van der Waals surface area contributed by atoms with E-state index in [4.69, 9.17) is 4.74 Å².